The Morgan fingerprint density at radius 2 is 1.77 bits per heavy atom. The molecule has 2 heterocycles. The summed E-state index contributed by atoms with van der Waals surface area (Å²) in [7, 11) is 0. The van der Waals surface area contributed by atoms with Crippen molar-refractivity contribution in [1.82, 2.24) is 18.7 Å². The number of hydrogen-bond acceptors (Lipinski definition) is 4. The molecule has 2 aromatic carbocycles. The summed E-state index contributed by atoms with van der Waals surface area (Å²) >= 11 is 0. The SMILES string of the molecule is CCn1c(=O)c2ccccc2n(CC(=O)Nc2ccc(Cn3ccnc3C)cc2)c1=O. The Morgan fingerprint density at radius 1 is 1.03 bits per heavy atom. The third-order valence-electron chi connectivity index (χ3n) is 5.26. The molecule has 4 aromatic rings. The minimum Gasteiger partial charge on any atom is -0.331 e. The van der Waals surface area contributed by atoms with Crippen LogP contribution in [0, 0.1) is 6.92 Å². The van der Waals surface area contributed by atoms with Crippen molar-refractivity contribution in [2.45, 2.75) is 33.5 Å². The molecule has 2 aromatic heterocycles. The van der Waals surface area contributed by atoms with E-state index < -0.39 is 5.69 Å². The van der Waals surface area contributed by atoms with Crippen molar-refractivity contribution in [1.29, 1.82) is 0 Å². The molecular weight excluding hydrogens is 394 g/mol. The van der Waals surface area contributed by atoms with Gasteiger partial charge < -0.3 is 9.88 Å². The number of nitrogens with one attached hydrogen (secondary N) is 1. The van der Waals surface area contributed by atoms with Gasteiger partial charge in [0.15, 0.2) is 0 Å². The molecule has 0 spiro atoms. The van der Waals surface area contributed by atoms with Gasteiger partial charge in [-0.1, -0.05) is 24.3 Å². The van der Waals surface area contributed by atoms with Crippen molar-refractivity contribution in [3.8, 4) is 0 Å². The molecule has 1 amide bonds. The van der Waals surface area contributed by atoms with E-state index in [0.29, 0.717) is 23.1 Å². The van der Waals surface area contributed by atoms with Crippen LogP contribution in [0.15, 0.2) is 70.5 Å². The summed E-state index contributed by atoms with van der Waals surface area (Å²) in [4.78, 5) is 42.2. The van der Waals surface area contributed by atoms with E-state index in [1.807, 2.05) is 42.0 Å². The van der Waals surface area contributed by atoms with Crippen LogP contribution in [-0.4, -0.2) is 24.6 Å². The van der Waals surface area contributed by atoms with Gasteiger partial charge in [-0.05, 0) is 43.7 Å². The fourth-order valence-corrected chi connectivity index (χ4v) is 3.61. The molecule has 0 aliphatic rings. The number of nitrogens with zero attached hydrogens (tertiary/aromatic N) is 4. The van der Waals surface area contributed by atoms with Crippen LogP contribution < -0.4 is 16.6 Å². The van der Waals surface area contributed by atoms with Crippen molar-refractivity contribution in [2.24, 2.45) is 0 Å². The van der Waals surface area contributed by atoms with Gasteiger partial charge in [0.25, 0.3) is 5.56 Å². The van der Waals surface area contributed by atoms with Crippen LogP contribution in [0.1, 0.15) is 18.3 Å². The summed E-state index contributed by atoms with van der Waals surface area (Å²) in [5.41, 5.74) is 1.33. The number of aromatic nitrogens is 4. The highest BCUT2D eigenvalue weighted by molar-refractivity contribution is 5.91. The molecule has 0 aliphatic carbocycles. The lowest BCUT2D eigenvalue weighted by atomic mass is 10.2. The van der Waals surface area contributed by atoms with E-state index in [-0.39, 0.29) is 24.6 Å². The van der Waals surface area contributed by atoms with Crippen LogP contribution in [-0.2, 0) is 24.4 Å². The predicted octanol–water partition coefficient (Wildman–Crippen LogP) is 2.38. The van der Waals surface area contributed by atoms with Gasteiger partial charge in [-0.3, -0.25) is 18.7 Å². The lowest BCUT2D eigenvalue weighted by Gasteiger charge is -2.13. The largest absolute Gasteiger partial charge is 0.331 e. The number of carbonyl (C=O) groups excluding carboxylic acids is 1. The second kappa shape index (κ2) is 8.43. The fraction of sp³-hybridized carbons (Fsp3) is 0.217. The van der Waals surface area contributed by atoms with Crippen LogP contribution in [0.2, 0.25) is 0 Å². The maximum absolute atomic E-state index is 12.8. The van der Waals surface area contributed by atoms with Crippen LogP contribution in [0.5, 0.6) is 0 Å². The van der Waals surface area contributed by atoms with E-state index in [1.165, 1.54) is 4.57 Å². The lowest BCUT2D eigenvalue weighted by molar-refractivity contribution is -0.116. The Labute approximate surface area is 178 Å². The van der Waals surface area contributed by atoms with Crippen molar-refractivity contribution >= 4 is 22.5 Å². The Balaban J connectivity index is 1.54. The summed E-state index contributed by atoms with van der Waals surface area (Å²) < 4.78 is 4.52. The fourth-order valence-electron chi connectivity index (χ4n) is 3.61. The smallest absolute Gasteiger partial charge is 0.331 e. The van der Waals surface area contributed by atoms with E-state index in [4.69, 9.17) is 0 Å². The highest BCUT2D eigenvalue weighted by Crippen LogP contribution is 2.13. The number of fused-ring (bicyclic) bond motifs is 1. The van der Waals surface area contributed by atoms with Gasteiger partial charge in [0, 0.05) is 31.2 Å². The predicted molar refractivity (Wildman–Crippen MR) is 119 cm³/mol. The molecule has 0 radical (unpaired) electrons. The number of aryl methyl sites for hydroxylation is 1. The second-order valence-corrected chi connectivity index (χ2v) is 7.28. The molecule has 8 nitrogen and oxygen atoms in total. The van der Waals surface area contributed by atoms with Gasteiger partial charge in [0.05, 0.1) is 10.9 Å². The molecule has 8 heteroatoms. The maximum Gasteiger partial charge on any atom is 0.331 e. The summed E-state index contributed by atoms with van der Waals surface area (Å²) in [6.45, 7) is 4.42. The van der Waals surface area contributed by atoms with Crippen LogP contribution in [0.25, 0.3) is 10.9 Å². The molecule has 0 fully saturated rings. The average molecular weight is 417 g/mol. The number of hydrogen-bond donors (Lipinski definition) is 1. The first-order valence-corrected chi connectivity index (χ1v) is 10.1. The van der Waals surface area contributed by atoms with Gasteiger partial charge in [0.2, 0.25) is 5.91 Å². The molecule has 0 atom stereocenters. The van der Waals surface area contributed by atoms with E-state index in [2.05, 4.69) is 10.3 Å². The van der Waals surface area contributed by atoms with Crippen molar-refractivity contribution in [3.05, 3.63) is 93.2 Å². The molecule has 0 saturated carbocycles. The number of amides is 1. The molecule has 0 saturated heterocycles. The maximum atomic E-state index is 12.8. The summed E-state index contributed by atoms with van der Waals surface area (Å²) in [6, 6.07) is 14.4. The zero-order valence-electron chi connectivity index (χ0n) is 17.4. The van der Waals surface area contributed by atoms with E-state index >= 15 is 0 Å². The quantitative estimate of drug-likeness (QED) is 0.521. The number of benzene rings is 2. The monoisotopic (exact) mass is 417 g/mol. The van der Waals surface area contributed by atoms with E-state index in [1.54, 1.807) is 37.4 Å². The van der Waals surface area contributed by atoms with E-state index in [0.717, 1.165) is 16.0 Å². The number of imidazole rings is 1. The average Bonchev–Trinajstić information content (AvgIpc) is 3.17. The van der Waals surface area contributed by atoms with Crippen molar-refractivity contribution in [3.63, 3.8) is 0 Å². The molecule has 0 unspecified atom stereocenters. The minimum absolute atomic E-state index is 0.185. The molecular formula is C23H23N5O3. The number of anilines is 1. The molecule has 158 valence electrons. The van der Waals surface area contributed by atoms with Crippen LogP contribution in [0.3, 0.4) is 0 Å². The molecule has 0 bridgehead atoms. The summed E-state index contributed by atoms with van der Waals surface area (Å²) in [5, 5.41) is 3.24. The molecule has 31 heavy (non-hydrogen) atoms. The van der Waals surface area contributed by atoms with Gasteiger partial charge in [-0.25, -0.2) is 9.78 Å². The third-order valence-corrected chi connectivity index (χ3v) is 5.26. The number of para-hydroxylation sites is 1. The number of carbonyl (C=O) groups is 1. The lowest BCUT2D eigenvalue weighted by Crippen LogP contribution is -2.41. The summed E-state index contributed by atoms with van der Waals surface area (Å²) in [5.74, 6) is 0.593. The van der Waals surface area contributed by atoms with E-state index in [9.17, 15) is 14.4 Å². The number of rotatable bonds is 6. The van der Waals surface area contributed by atoms with Gasteiger partial charge in [-0.15, -0.1) is 0 Å². The Bertz CT molecular complexity index is 1360. The first-order valence-electron chi connectivity index (χ1n) is 10.1. The first kappa shape index (κ1) is 20.3. The van der Waals surface area contributed by atoms with Crippen LogP contribution in [0.4, 0.5) is 5.69 Å². The highest BCUT2D eigenvalue weighted by atomic mass is 16.2. The zero-order chi connectivity index (χ0) is 22.0. The zero-order valence-corrected chi connectivity index (χ0v) is 17.4. The normalized spacial score (nSPS) is 11.0. The second-order valence-electron chi connectivity index (χ2n) is 7.28. The molecule has 1 N–H and O–H groups in total. The van der Waals surface area contributed by atoms with Crippen molar-refractivity contribution in [2.75, 3.05) is 5.32 Å². The topological polar surface area (TPSA) is 90.9 Å². The molecule has 0 aliphatic heterocycles. The first-order chi connectivity index (χ1) is 15.0. The molecule has 4 rings (SSSR count). The highest BCUT2D eigenvalue weighted by Gasteiger charge is 2.14. The van der Waals surface area contributed by atoms with Gasteiger partial charge >= 0.3 is 5.69 Å². The Kier molecular flexibility index (Phi) is 5.53. The Morgan fingerprint density at radius 3 is 2.45 bits per heavy atom. The standard InChI is InChI=1S/C23H23N5O3/c1-3-27-22(30)19-6-4-5-7-20(19)28(23(27)31)15-21(29)25-18-10-8-17(9-11-18)14-26-13-12-24-16(26)2/h4-13H,3,14-15H2,1-2H3,(H,25,29). The minimum atomic E-state index is -0.493. The Hall–Kier alpha value is -3.94. The van der Waals surface area contributed by atoms with Gasteiger partial charge in [-0.2, -0.15) is 0 Å². The van der Waals surface area contributed by atoms with Gasteiger partial charge in [0.1, 0.15) is 12.4 Å². The van der Waals surface area contributed by atoms with Crippen molar-refractivity contribution < 1.29 is 4.79 Å². The van der Waals surface area contributed by atoms with Crippen LogP contribution >= 0.6 is 0 Å². The third kappa shape index (κ3) is 4.05. The summed E-state index contributed by atoms with van der Waals surface area (Å²) in [6.07, 6.45) is 3.68.